The number of fused-ring (bicyclic) bond motifs is 1. The van der Waals surface area contributed by atoms with Crippen LogP contribution in [0.5, 0.6) is 0 Å². The minimum absolute atomic E-state index is 0.347. The topological polar surface area (TPSA) is 96.5 Å². The number of carbonyl (C=O) groups excluding carboxylic acids is 1. The molecule has 5 rings (SSSR count). The molecule has 7 nitrogen and oxygen atoms in total. The van der Waals surface area contributed by atoms with E-state index < -0.39 is 0 Å². The molecule has 3 aromatic heterocycles. The lowest BCUT2D eigenvalue weighted by atomic mass is 10.1. The van der Waals surface area contributed by atoms with Gasteiger partial charge in [-0.3, -0.25) is 24.6 Å². The van der Waals surface area contributed by atoms with E-state index in [1.807, 2.05) is 55.5 Å². The summed E-state index contributed by atoms with van der Waals surface area (Å²) in [7, 11) is 0. The highest BCUT2D eigenvalue weighted by molar-refractivity contribution is 6.24. The van der Waals surface area contributed by atoms with Crippen LogP contribution in [0.25, 0.3) is 33.7 Å². The van der Waals surface area contributed by atoms with E-state index in [1.54, 1.807) is 24.5 Å². The first-order valence-corrected chi connectivity index (χ1v) is 10.7. The summed E-state index contributed by atoms with van der Waals surface area (Å²) in [6.07, 6.45) is 3.86. The maximum Gasteiger partial charge on any atom is 0.265 e. The van der Waals surface area contributed by atoms with Crippen LogP contribution in [0.2, 0.25) is 0 Å². The van der Waals surface area contributed by atoms with E-state index in [-0.39, 0.29) is 5.91 Å². The van der Waals surface area contributed by atoms with Gasteiger partial charge in [-0.1, -0.05) is 24.3 Å². The van der Waals surface area contributed by atoms with E-state index in [1.165, 1.54) is 0 Å². The Morgan fingerprint density at radius 1 is 0.970 bits per heavy atom. The van der Waals surface area contributed by atoms with Crippen LogP contribution in [0.4, 0.5) is 0 Å². The van der Waals surface area contributed by atoms with E-state index in [0.29, 0.717) is 12.0 Å². The monoisotopic (exact) mass is 454 g/mol. The van der Waals surface area contributed by atoms with Crippen LogP contribution in [0.1, 0.15) is 27.4 Å². The number of halogens is 1. The van der Waals surface area contributed by atoms with E-state index in [0.717, 1.165) is 50.8 Å². The van der Waals surface area contributed by atoms with Crippen molar-refractivity contribution in [1.82, 2.24) is 29.8 Å². The molecule has 33 heavy (non-hydrogen) atoms. The Hall–Kier alpha value is -4.10. The fourth-order valence-electron chi connectivity index (χ4n) is 3.76. The molecule has 0 spiro atoms. The number of amides is 1. The van der Waals surface area contributed by atoms with Crippen molar-refractivity contribution in [3.63, 3.8) is 0 Å². The molecule has 0 atom stereocenters. The van der Waals surface area contributed by atoms with Gasteiger partial charge in [-0.05, 0) is 48.9 Å². The number of aryl methyl sites for hydroxylation is 1. The number of rotatable bonds is 5. The summed E-state index contributed by atoms with van der Waals surface area (Å²) >= 11 is 5.48. The van der Waals surface area contributed by atoms with E-state index >= 15 is 0 Å². The molecule has 1 amide bonds. The minimum Gasteiger partial charge on any atom is -0.340 e. The number of H-pyrrole nitrogens is 1. The van der Waals surface area contributed by atoms with Gasteiger partial charge >= 0.3 is 0 Å². The normalized spacial score (nSPS) is 11.0. The van der Waals surface area contributed by atoms with Gasteiger partial charge in [-0.15, -0.1) is 0 Å². The second kappa shape index (κ2) is 8.80. The predicted molar refractivity (Wildman–Crippen MR) is 128 cm³/mol. The van der Waals surface area contributed by atoms with Crippen LogP contribution in [0, 0.1) is 6.92 Å². The smallest absolute Gasteiger partial charge is 0.265 e. The zero-order chi connectivity index (χ0) is 22.8. The number of aromatic nitrogens is 5. The maximum absolute atomic E-state index is 11.9. The molecule has 2 aromatic carbocycles. The molecule has 0 aliphatic carbocycles. The highest BCUT2D eigenvalue weighted by Gasteiger charge is 2.17. The molecule has 0 fully saturated rings. The second-order valence-corrected chi connectivity index (χ2v) is 7.82. The first kappa shape index (κ1) is 20.8. The third-order valence-electron chi connectivity index (χ3n) is 5.29. The van der Waals surface area contributed by atoms with Crippen molar-refractivity contribution in [1.29, 1.82) is 0 Å². The fraction of sp³-hybridized carbons (Fsp3) is 0.0800. The Balaban J connectivity index is 1.60. The lowest BCUT2D eigenvalue weighted by Gasteiger charge is -2.04. The van der Waals surface area contributed by atoms with Crippen LogP contribution in [0.15, 0.2) is 73.1 Å². The molecule has 5 aromatic rings. The van der Waals surface area contributed by atoms with Crippen molar-refractivity contribution in [3.8, 4) is 22.6 Å². The Labute approximate surface area is 195 Å². The van der Waals surface area contributed by atoms with Gasteiger partial charge < -0.3 is 4.98 Å². The van der Waals surface area contributed by atoms with E-state index in [2.05, 4.69) is 19.8 Å². The quantitative estimate of drug-likeness (QED) is 0.369. The molecular formula is C25H19ClN6O. The molecule has 0 saturated heterocycles. The number of hydrogen-bond acceptors (Lipinski definition) is 5. The number of nitrogens with one attached hydrogen (secondary N) is 2. The molecule has 0 aliphatic heterocycles. The fourth-order valence-corrected chi connectivity index (χ4v) is 3.87. The van der Waals surface area contributed by atoms with Gasteiger partial charge in [-0.25, -0.2) is 4.98 Å². The number of nitrogens with zero attached hydrogens (tertiary/aromatic N) is 4. The van der Waals surface area contributed by atoms with Crippen molar-refractivity contribution in [2.45, 2.75) is 13.3 Å². The molecule has 2 N–H and O–H groups in total. The van der Waals surface area contributed by atoms with E-state index in [9.17, 15) is 4.79 Å². The molecule has 162 valence electrons. The standard InChI is InChI=1S/C25H19ClN6O/c1-15-4-2-7-20(29-15)24-23(17-8-9-19-21(14-17)28-11-10-27-19)30-22(31-24)13-16-5-3-6-18(12-16)25(33)32-26/h2-12,14H,13H2,1H3,(H,30,31)(H,32,33). The van der Waals surface area contributed by atoms with Crippen molar-refractivity contribution in [2.75, 3.05) is 0 Å². The molecular weight excluding hydrogens is 436 g/mol. The number of pyridine rings is 1. The number of hydrogen-bond donors (Lipinski definition) is 2. The maximum atomic E-state index is 11.9. The molecule has 0 saturated carbocycles. The molecule has 0 bridgehead atoms. The summed E-state index contributed by atoms with van der Waals surface area (Å²) in [4.78, 5) is 35.9. The Kier molecular flexibility index (Phi) is 5.54. The summed E-state index contributed by atoms with van der Waals surface area (Å²) < 4.78 is 0. The summed E-state index contributed by atoms with van der Waals surface area (Å²) in [5.74, 6) is 0.409. The number of aromatic amines is 1. The molecule has 0 aliphatic rings. The summed E-state index contributed by atoms with van der Waals surface area (Å²) in [5.41, 5.74) is 7.28. The summed E-state index contributed by atoms with van der Waals surface area (Å²) in [6, 6.07) is 19.1. The molecule has 0 unspecified atom stereocenters. The Morgan fingerprint density at radius 3 is 2.61 bits per heavy atom. The summed E-state index contributed by atoms with van der Waals surface area (Å²) in [6.45, 7) is 1.96. The second-order valence-electron chi connectivity index (χ2n) is 7.63. The first-order valence-electron chi connectivity index (χ1n) is 10.3. The van der Waals surface area contributed by atoms with Gasteiger partial charge in [0.15, 0.2) is 0 Å². The number of imidazole rings is 1. The van der Waals surface area contributed by atoms with Crippen LogP contribution >= 0.6 is 11.8 Å². The van der Waals surface area contributed by atoms with Crippen LogP contribution in [-0.2, 0) is 6.42 Å². The van der Waals surface area contributed by atoms with Gasteiger partial charge in [0, 0.05) is 47.4 Å². The third kappa shape index (κ3) is 4.31. The van der Waals surface area contributed by atoms with Crippen molar-refractivity contribution >= 4 is 28.7 Å². The number of benzene rings is 2. The van der Waals surface area contributed by atoms with Gasteiger partial charge in [0.1, 0.15) is 5.82 Å². The zero-order valence-corrected chi connectivity index (χ0v) is 18.5. The highest BCUT2D eigenvalue weighted by atomic mass is 35.5. The predicted octanol–water partition coefficient (Wildman–Crippen LogP) is 4.86. The Bertz CT molecular complexity index is 1480. The van der Waals surface area contributed by atoms with Gasteiger partial charge in [0.05, 0.1) is 28.1 Å². The largest absolute Gasteiger partial charge is 0.340 e. The molecule has 3 heterocycles. The van der Waals surface area contributed by atoms with Crippen LogP contribution in [-0.4, -0.2) is 30.8 Å². The lowest BCUT2D eigenvalue weighted by Crippen LogP contribution is -2.12. The van der Waals surface area contributed by atoms with E-state index in [4.69, 9.17) is 21.7 Å². The van der Waals surface area contributed by atoms with Crippen molar-refractivity contribution in [3.05, 3.63) is 95.7 Å². The number of carbonyl (C=O) groups is 1. The minimum atomic E-state index is -0.347. The third-order valence-corrected chi connectivity index (χ3v) is 5.46. The Morgan fingerprint density at radius 2 is 1.79 bits per heavy atom. The van der Waals surface area contributed by atoms with Crippen molar-refractivity contribution in [2.24, 2.45) is 0 Å². The average Bonchev–Trinajstić information content (AvgIpc) is 3.27. The summed E-state index contributed by atoms with van der Waals surface area (Å²) in [5, 5.41) is 0. The highest BCUT2D eigenvalue weighted by Crippen LogP contribution is 2.31. The van der Waals surface area contributed by atoms with Gasteiger partial charge in [0.2, 0.25) is 0 Å². The lowest BCUT2D eigenvalue weighted by molar-refractivity contribution is 0.0981. The SMILES string of the molecule is Cc1cccc(-c2[nH]c(Cc3cccc(C(=O)NCl)c3)nc2-c2ccc3nccnc3c2)n1. The molecule has 8 heteroatoms. The van der Waals surface area contributed by atoms with Crippen LogP contribution in [0.3, 0.4) is 0 Å². The van der Waals surface area contributed by atoms with Crippen molar-refractivity contribution < 1.29 is 4.79 Å². The van der Waals surface area contributed by atoms with Gasteiger partial charge in [-0.2, -0.15) is 0 Å². The van der Waals surface area contributed by atoms with Crippen LogP contribution < -0.4 is 4.84 Å². The first-order chi connectivity index (χ1) is 16.1. The molecule has 0 radical (unpaired) electrons. The average molecular weight is 455 g/mol. The van der Waals surface area contributed by atoms with Gasteiger partial charge in [0.25, 0.3) is 5.91 Å². The zero-order valence-electron chi connectivity index (χ0n) is 17.7.